The number of hydrogen-bond donors (Lipinski definition) is 1. The first-order valence-electron chi connectivity index (χ1n) is 9.83. The summed E-state index contributed by atoms with van der Waals surface area (Å²) in [5.41, 5.74) is 1.53. The van der Waals surface area contributed by atoms with Crippen molar-refractivity contribution in [1.29, 1.82) is 0 Å². The predicted octanol–water partition coefficient (Wildman–Crippen LogP) is 6.19. The van der Waals surface area contributed by atoms with Crippen molar-refractivity contribution < 1.29 is 17.6 Å². The van der Waals surface area contributed by atoms with Crippen LogP contribution in [0.1, 0.15) is 11.3 Å². The van der Waals surface area contributed by atoms with Gasteiger partial charge in [0.05, 0.1) is 27.4 Å². The monoisotopic (exact) mass is 492 g/mol. The normalized spacial score (nSPS) is 11.4. The van der Waals surface area contributed by atoms with Crippen molar-refractivity contribution in [1.82, 2.24) is 15.0 Å². The van der Waals surface area contributed by atoms with E-state index in [4.69, 9.17) is 11.6 Å². The highest BCUT2D eigenvalue weighted by molar-refractivity contribution is 7.63. The van der Waals surface area contributed by atoms with Gasteiger partial charge in [0.1, 0.15) is 17.0 Å². The van der Waals surface area contributed by atoms with E-state index in [0.717, 1.165) is 6.07 Å². The number of aryl methyl sites for hydroxylation is 1. The molecular formula is C23H18ClF4N4P. The lowest BCUT2D eigenvalue weighted by atomic mass is 10.1. The van der Waals surface area contributed by atoms with Gasteiger partial charge in [0.2, 0.25) is 0 Å². The van der Waals surface area contributed by atoms with Crippen LogP contribution in [0.4, 0.5) is 23.2 Å². The Kier molecular flexibility index (Phi) is 6.50. The second kappa shape index (κ2) is 9.20. The third-order valence-electron chi connectivity index (χ3n) is 5.02. The summed E-state index contributed by atoms with van der Waals surface area (Å²) >= 11 is 6.43. The minimum atomic E-state index is -0.982. The van der Waals surface area contributed by atoms with Crippen molar-refractivity contribution in [2.75, 3.05) is 18.6 Å². The van der Waals surface area contributed by atoms with E-state index in [1.165, 1.54) is 30.5 Å². The quantitative estimate of drug-likeness (QED) is 0.267. The van der Waals surface area contributed by atoms with Crippen molar-refractivity contribution in [3.8, 4) is 11.3 Å². The Morgan fingerprint density at radius 1 is 1.00 bits per heavy atom. The molecule has 10 heteroatoms. The smallest absolute Gasteiger partial charge is 0.163 e. The Bertz CT molecular complexity index is 1380. The summed E-state index contributed by atoms with van der Waals surface area (Å²) in [4.78, 5) is 12.8. The van der Waals surface area contributed by atoms with E-state index >= 15 is 0 Å². The average molecular weight is 493 g/mol. The fourth-order valence-electron chi connectivity index (χ4n) is 3.38. The number of aromatic nitrogens is 3. The molecule has 3 aromatic heterocycles. The number of nitrogens with one attached hydrogen (secondary N) is 1. The zero-order valence-electron chi connectivity index (χ0n) is 17.8. The van der Waals surface area contributed by atoms with Crippen LogP contribution in [0, 0.1) is 30.2 Å². The van der Waals surface area contributed by atoms with Gasteiger partial charge in [-0.3, -0.25) is 4.98 Å². The van der Waals surface area contributed by atoms with E-state index in [1.807, 2.05) is 13.3 Å². The molecule has 0 bridgehead atoms. The van der Waals surface area contributed by atoms with Gasteiger partial charge < -0.3 is 5.32 Å². The molecule has 0 aliphatic rings. The van der Waals surface area contributed by atoms with Crippen molar-refractivity contribution in [3.63, 3.8) is 0 Å². The van der Waals surface area contributed by atoms with E-state index in [1.54, 1.807) is 6.92 Å². The van der Waals surface area contributed by atoms with Gasteiger partial charge in [0, 0.05) is 29.9 Å². The second-order valence-electron chi connectivity index (χ2n) is 7.56. The van der Waals surface area contributed by atoms with Gasteiger partial charge in [0.15, 0.2) is 17.5 Å². The van der Waals surface area contributed by atoms with Crippen LogP contribution in [-0.4, -0.2) is 28.3 Å². The summed E-state index contributed by atoms with van der Waals surface area (Å²) in [6.07, 6.45) is 1.37. The molecule has 0 aliphatic carbocycles. The van der Waals surface area contributed by atoms with Crippen LogP contribution < -0.4 is 10.8 Å². The molecule has 4 aromatic rings. The molecule has 33 heavy (non-hydrogen) atoms. The molecule has 0 fully saturated rings. The van der Waals surface area contributed by atoms with Gasteiger partial charge in [-0.2, -0.15) is 0 Å². The molecule has 0 amide bonds. The second-order valence-corrected chi connectivity index (χ2v) is 10.2. The standard InChI is InChI=1S/C23H18ClF4N4P/c1-11-18(24)22(29-9-12-5-4-6-14(25)19(12)28)21-17(31-11)8-15(26)20(32-21)13-7-16(27)23(30-10-13)33(2)3/h4-8,10H,9H2,1-3H3,(H,29,31). The maximum absolute atomic E-state index is 14.9. The summed E-state index contributed by atoms with van der Waals surface area (Å²) in [5.74, 6) is -3.20. The number of nitrogens with zero attached hydrogens (tertiary/aromatic N) is 3. The number of pyridine rings is 3. The average Bonchev–Trinajstić information content (AvgIpc) is 2.76. The molecule has 0 aliphatic heterocycles. The third-order valence-corrected chi connectivity index (χ3v) is 6.66. The van der Waals surface area contributed by atoms with Gasteiger partial charge >= 0.3 is 0 Å². The van der Waals surface area contributed by atoms with Crippen LogP contribution >= 0.6 is 19.5 Å². The first-order valence-corrected chi connectivity index (χ1v) is 12.4. The van der Waals surface area contributed by atoms with E-state index in [9.17, 15) is 17.6 Å². The largest absolute Gasteiger partial charge is 0.378 e. The number of rotatable bonds is 5. The zero-order valence-corrected chi connectivity index (χ0v) is 19.5. The van der Waals surface area contributed by atoms with Crippen LogP contribution in [0.5, 0.6) is 0 Å². The summed E-state index contributed by atoms with van der Waals surface area (Å²) in [6, 6.07) is 6.21. The summed E-state index contributed by atoms with van der Waals surface area (Å²) in [6.45, 7) is 5.26. The van der Waals surface area contributed by atoms with Crippen LogP contribution in [-0.2, 0) is 6.54 Å². The van der Waals surface area contributed by atoms with E-state index < -0.39 is 31.2 Å². The third kappa shape index (κ3) is 4.50. The summed E-state index contributed by atoms with van der Waals surface area (Å²) in [7, 11) is -0.774. The Balaban J connectivity index is 1.82. The highest BCUT2D eigenvalue weighted by atomic mass is 35.5. The maximum atomic E-state index is 14.9. The fraction of sp³-hybridized carbons (Fsp3) is 0.174. The number of hydrogen-bond acceptors (Lipinski definition) is 4. The highest BCUT2D eigenvalue weighted by Crippen LogP contribution is 2.35. The Hall–Kier alpha value is -2.83. The van der Waals surface area contributed by atoms with Crippen LogP contribution in [0.2, 0.25) is 5.02 Å². The molecule has 0 spiro atoms. The molecule has 4 nitrogen and oxygen atoms in total. The zero-order chi connectivity index (χ0) is 23.9. The van der Waals surface area contributed by atoms with E-state index in [-0.39, 0.29) is 45.1 Å². The molecule has 0 saturated heterocycles. The van der Waals surface area contributed by atoms with Gasteiger partial charge in [0.25, 0.3) is 0 Å². The van der Waals surface area contributed by atoms with E-state index in [2.05, 4.69) is 20.3 Å². The highest BCUT2D eigenvalue weighted by Gasteiger charge is 2.19. The molecular weight excluding hydrogens is 475 g/mol. The Morgan fingerprint density at radius 3 is 2.45 bits per heavy atom. The lowest BCUT2D eigenvalue weighted by Crippen LogP contribution is -2.11. The Labute approximate surface area is 193 Å². The van der Waals surface area contributed by atoms with Crippen LogP contribution in [0.25, 0.3) is 22.3 Å². The van der Waals surface area contributed by atoms with Gasteiger partial charge in [-0.25, -0.2) is 27.5 Å². The summed E-state index contributed by atoms with van der Waals surface area (Å²) in [5, 5.41) is 3.16. The molecule has 170 valence electrons. The lowest BCUT2D eigenvalue weighted by Gasteiger charge is -2.15. The molecule has 0 saturated carbocycles. The predicted molar refractivity (Wildman–Crippen MR) is 125 cm³/mol. The van der Waals surface area contributed by atoms with Gasteiger partial charge in [-0.05, 0) is 32.4 Å². The first kappa shape index (κ1) is 23.3. The lowest BCUT2D eigenvalue weighted by molar-refractivity contribution is 0.500. The number of halogens is 5. The maximum Gasteiger partial charge on any atom is 0.163 e. The molecule has 1 aromatic carbocycles. The minimum absolute atomic E-state index is 0.0773. The van der Waals surface area contributed by atoms with Crippen molar-refractivity contribution >= 4 is 41.7 Å². The molecule has 4 rings (SSSR count). The van der Waals surface area contributed by atoms with Crippen molar-refractivity contribution in [2.24, 2.45) is 0 Å². The molecule has 0 atom stereocenters. The van der Waals surface area contributed by atoms with Gasteiger partial charge in [-0.1, -0.05) is 31.7 Å². The molecule has 1 N–H and O–H groups in total. The molecule has 0 radical (unpaired) electrons. The van der Waals surface area contributed by atoms with Gasteiger partial charge in [-0.15, -0.1) is 0 Å². The SMILES string of the molecule is Cc1nc2cc(F)c(-c3cnc(P(C)C)c(F)c3)nc2c(NCc2cccc(F)c2F)c1Cl. The van der Waals surface area contributed by atoms with Crippen LogP contribution in [0.3, 0.4) is 0 Å². The van der Waals surface area contributed by atoms with Crippen molar-refractivity contribution in [3.05, 3.63) is 76.1 Å². The van der Waals surface area contributed by atoms with Crippen molar-refractivity contribution in [2.45, 2.75) is 13.5 Å². The first-order chi connectivity index (χ1) is 15.7. The Morgan fingerprint density at radius 2 is 1.76 bits per heavy atom. The number of fused-ring (bicyclic) bond motifs is 1. The number of anilines is 1. The minimum Gasteiger partial charge on any atom is -0.378 e. The fourth-order valence-corrected chi connectivity index (χ4v) is 4.36. The molecule has 3 heterocycles. The number of benzene rings is 1. The molecule has 0 unspecified atom stereocenters. The topological polar surface area (TPSA) is 50.7 Å². The summed E-state index contributed by atoms with van der Waals surface area (Å²) < 4.78 is 57.1. The van der Waals surface area contributed by atoms with E-state index in [0.29, 0.717) is 11.1 Å². The van der Waals surface area contributed by atoms with Crippen LogP contribution in [0.15, 0.2) is 36.5 Å².